The SMILES string of the molecule is Cl.NC(=O)C(c1ccccc1)N1CCOCC1. The molecule has 0 radical (unpaired) electrons. The van der Waals surface area contributed by atoms with E-state index in [-0.39, 0.29) is 24.4 Å². The summed E-state index contributed by atoms with van der Waals surface area (Å²) in [6.45, 7) is 2.83. The lowest BCUT2D eigenvalue weighted by molar-refractivity contribution is -0.125. The first kappa shape index (κ1) is 14.0. The number of carbonyl (C=O) groups excluding carboxylic acids is 1. The van der Waals surface area contributed by atoms with E-state index in [2.05, 4.69) is 4.90 Å². The maximum absolute atomic E-state index is 11.5. The zero-order valence-corrected chi connectivity index (χ0v) is 10.4. The van der Waals surface area contributed by atoms with Crippen molar-refractivity contribution in [3.8, 4) is 0 Å². The van der Waals surface area contributed by atoms with Gasteiger partial charge in [-0.15, -0.1) is 12.4 Å². The van der Waals surface area contributed by atoms with E-state index >= 15 is 0 Å². The van der Waals surface area contributed by atoms with Crippen LogP contribution in [-0.2, 0) is 9.53 Å². The standard InChI is InChI=1S/C12H16N2O2.ClH/c13-12(15)11(10-4-2-1-3-5-10)14-6-8-16-9-7-14;/h1-5,11H,6-9H2,(H2,13,15);1H. The Hall–Kier alpha value is -1.10. The van der Waals surface area contributed by atoms with Crippen LogP contribution in [0.4, 0.5) is 0 Å². The monoisotopic (exact) mass is 256 g/mol. The number of hydrogen-bond donors (Lipinski definition) is 1. The van der Waals surface area contributed by atoms with Gasteiger partial charge in [0.2, 0.25) is 5.91 Å². The van der Waals surface area contributed by atoms with E-state index < -0.39 is 0 Å². The number of nitrogens with zero attached hydrogens (tertiary/aromatic N) is 1. The number of primary amides is 1. The van der Waals surface area contributed by atoms with E-state index in [9.17, 15) is 4.79 Å². The van der Waals surface area contributed by atoms with Gasteiger partial charge in [-0.2, -0.15) is 0 Å². The summed E-state index contributed by atoms with van der Waals surface area (Å²) >= 11 is 0. The quantitative estimate of drug-likeness (QED) is 0.877. The predicted octanol–water partition coefficient (Wildman–Crippen LogP) is 0.967. The molecule has 1 amide bonds. The molecule has 1 saturated heterocycles. The molecule has 5 heteroatoms. The molecule has 17 heavy (non-hydrogen) atoms. The number of ether oxygens (including phenoxy) is 1. The molecule has 1 fully saturated rings. The molecule has 2 N–H and O–H groups in total. The Kier molecular flexibility index (Phi) is 5.41. The Morgan fingerprint density at radius 2 is 1.82 bits per heavy atom. The highest BCUT2D eigenvalue weighted by atomic mass is 35.5. The van der Waals surface area contributed by atoms with Crippen molar-refractivity contribution in [1.82, 2.24) is 4.90 Å². The molecule has 1 atom stereocenters. The van der Waals surface area contributed by atoms with Gasteiger partial charge in [0, 0.05) is 13.1 Å². The van der Waals surface area contributed by atoms with Gasteiger partial charge < -0.3 is 10.5 Å². The summed E-state index contributed by atoms with van der Waals surface area (Å²) < 4.78 is 5.27. The predicted molar refractivity (Wildman–Crippen MR) is 68.0 cm³/mol. The summed E-state index contributed by atoms with van der Waals surface area (Å²) in [6.07, 6.45) is 0. The molecular weight excluding hydrogens is 240 g/mol. The van der Waals surface area contributed by atoms with Crippen molar-refractivity contribution >= 4 is 18.3 Å². The van der Waals surface area contributed by atoms with Gasteiger partial charge in [-0.25, -0.2) is 0 Å². The molecule has 1 aromatic carbocycles. The zero-order chi connectivity index (χ0) is 11.4. The second kappa shape index (κ2) is 6.59. The van der Waals surface area contributed by atoms with Crippen LogP contribution in [0.1, 0.15) is 11.6 Å². The fourth-order valence-electron chi connectivity index (χ4n) is 2.03. The molecule has 0 bridgehead atoms. The van der Waals surface area contributed by atoms with Crippen LogP contribution in [0.15, 0.2) is 30.3 Å². The van der Waals surface area contributed by atoms with Crippen molar-refractivity contribution in [2.24, 2.45) is 5.73 Å². The Bertz CT molecular complexity index is 353. The molecule has 1 heterocycles. The Labute approximate surface area is 107 Å². The minimum atomic E-state index is -0.329. The normalized spacial score (nSPS) is 18.1. The van der Waals surface area contributed by atoms with Crippen molar-refractivity contribution in [2.75, 3.05) is 26.3 Å². The van der Waals surface area contributed by atoms with Crippen molar-refractivity contribution in [2.45, 2.75) is 6.04 Å². The van der Waals surface area contributed by atoms with Crippen LogP contribution in [0, 0.1) is 0 Å². The lowest BCUT2D eigenvalue weighted by atomic mass is 10.0. The van der Waals surface area contributed by atoms with Gasteiger partial charge in [0.25, 0.3) is 0 Å². The summed E-state index contributed by atoms with van der Waals surface area (Å²) in [5, 5.41) is 0. The molecule has 0 aliphatic carbocycles. The summed E-state index contributed by atoms with van der Waals surface area (Å²) in [6, 6.07) is 9.32. The second-order valence-corrected chi connectivity index (χ2v) is 3.86. The molecule has 4 nitrogen and oxygen atoms in total. The molecule has 1 aliphatic heterocycles. The van der Waals surface area contributed by atoms with Gasteiger partial charge in [0.05, 0.1) is 13.2 Å². The minimum absolute atomic E-state index is 0. The molecule has 1 aromatic rings. The van der Waals surface area contributed by atoms with Crippen LogP contribution < -0.4 is 5.73 Å². The first-order valence-corrected chi connectivity index (χ1v) is 5.45. The molecular formula is C12H17ClN2O2. The number of amides is 1. The van der Waals surface area contributed by atoms with Gasteiger partial charge in [0.15, 0.2) is 0 Å². The smallest absolute Gasteiger partial charge is 0.239 e. The molecule has 0 aromatic heterocycles. The number of benzene rings is 1. The van der Waals surface area contributed by atoms with Crippen molar-refractivity contribution in [3.05, 3.63) is 35.9 Å². The number of carbonyl (C=O) groups is 1. The Morgan fingerprint density at radius 1 is 1.24 bits per heavy atom. The van der Waals surface area contributed by atoms with Crippen molar-refractivity contribution < 1.29 is 9.53 Å². The number of halogens is 1. The maximum Gasteiger partial charge on any atom is 0.239 e. The molecule has 94 valence electrons. The second-order valence-electron chi connectivity index (χ2n) is 3.86. The third-order valence-electron chi connectivity index (χ3n) is 2.80. The van der Waals surface area contributed by atoms with Gasteiger partial charge >= 0.3 is 0 Å². The summed E-state index contributed by atoms with van der Waals surface area (Å²) in [4.78, 5) is 13.6. The lowest BCUT2D eigenvalue weighted by Gasteiger charge is -2.32. The van der Waals surface area contributed by atoms with Crippen molar-refractivity contribution in [1.29, 1.82) is 0 Å². The van der Waals surface area contributed by atoms with Crippen LogP contribution >= 0.6 is 12.4 Å². The highest BCUT2D eigenvalue weighted by molar-refractivity contribution is 5.85. The molecule has 1 aliphatic rings. The van der Waals surface area contributed by atoms with Crippen LogP contribution in [0.5, 0.6) is 0 Å². The first-order chi connectivity index (χ1) is 7.79. The molecule has 1 unspecified atom stereocenters. The van der Waals surface area contributed by atoms with Gasteiger partial charge in [-0.3, -0.25) is 9.69 Å². The number of rotatable bonds is 3. The fourth-order valence-corrected chi connectivity index (χ4v) is 2.03. The van der Waals surface area contributed by atoms with E-state index in [1.165, 1.54) is 0 Å². The highest BCUT2D eigenvalue weighted by Gasteiger charge is 2.26. The summed E-state index contributed by atoms with van der Waals surface area (Å²) in [7, 11) is 0. The van der Waals surface area contributed by atoms with Gasteiger partial charge in [-0.1, -0.05) is 30.3 Å². The average Bonchev–Trinajstić information content (AvgIpc) is 2.31. The Balaban J connectivity index is 0.00000144. The minimum Gasteiger partial charge on any atom is -0.379 e. The highest BCUT2D eigenvalue weighted by Crippen LogP contribution is 2.20. The molecule has 0 spiro atoms. The largest absolute Gasteiger partial charge is 0.379 e. The number of hydrogen-bond acceptors (Lipinski definition) is 3. The molecule has 0 saturated carbocycles. The Morgan fingerprint density at radius 3 is 2.35 bits per heavy atom. The van der Waals surface area contributed by atoms with Gasteiger partial charge in [-0.05, 0) is 5.56 Å². The number of morpholine rings is 1. The number of nitrogens with two attached hydrogens (primary N) is 1. The fraction of sp³-hybridized carbons (Fsp3) is 0.417. The average molecular weight is 257 g/mol. The topological polar surface area (TPSA) is 55.6 Å². The lowest BCUT2D eigenvalue weighted by Crippen LogP contribution is -2.44. The third-order valence-corrected chi connectivity index (χ3v) is 2.80. The van der Waals surface area contributed by atoms with Gasteiger partial charge in [0.1, 0.15) is 6.04 Å². The summed E-state index contributed by atoms with van der Waals surface area (Å²) in [5.74, 6) is -0.298. The van der Waals surface area contributed by atoms with E-state index in [0.29, 0.717) is 13.2 Å². The maximum atomic E-state index is 11.5. The van der Waals surface area contributed by atoms with Crippen LogP contribution in [0.25, 0.3) is 0 Å². The van der Waals surface area contributed by atoms with Crippen molar-refractivity contribution in [3.63, 3.8) is 0 Å². The zero-order valence-electron chi connectivity index (χ0n) is 9.54. The molecule has 2 rings (SSSR count). The van der Waals surface area contributed by atoms with E-state index in [0.717, 1.165) is 18.7 Å². The van der Waals surface area contributed by atoms with E-state index in [4.69, 9.17) is 10.5 Å². The first-order valence-electron chi connectivity index (χ1n) is 5.45. The third kappa shape index (κ3) is 3.43. The van der Waals surface area contributed by atoms with Crippen LogP contribution in [0.3, 0.4) is 0 Å². The van der Waals surface area contributed by atoms with E-state index in [1.54, 1.807) is 0 Å². The summed E-state index contributed by atoms with van der Waals surface area (Å²) in [5.41, 5.74) is 6.43. The van der Waals surface area contributed by atoms with Crippen LogP contribution in [0.2, 0.25) is 0 Å². The van der Waals surface area contributed by atoms with Crippen LogP contribution in [-0.4, -0.2) is 37.1 Å². The van der Waals surface area contributed by atoms with E-state index in [1.807, 2.05) is 30.3 Å².